The maximum absolute atomic E-state index is 13.5. The van der Waals surface area contributed by atoms with Gasteiger partial charge in [0.1, 0.15) is 22.5 Å². The van der Waals surface area contributed by atoms with Gasteiger partial charge in [0.2, 0.25) is 0 Å². The van der Waals surface area contributed by atoms with Gasteiger partial charge in [-0.15, -0.1) is 0 Å². The van der Waals surface area contributed by atoms with E-state index in [-0.39, 0.29) is 11.6 Å². The highest BCUT2D eigenvalue weighted by Gasteiger charge is 2.31. The summed E-state index contributed by atoms with van der Waals surface area (Å²) in [6.07, 6.45) is 0. The Labute approximate surface area is 170 Å². The van der Waals surface area contributed by atoms with E-state index in [1.54, 1.807) is 11.8 Å². The summed E-state index contributed by atoms with van der Waals surface area (Å²) in [5.41, 5.74) is 0. The van der Waals surface area contributed by atoms with Crippen molar-refractivity contribution >= 4 is 22.7 Å². The first kappa shape index (κ1) is 18.8. The Morgan fingerprint density at radius 1 is 0.536 bits per heavy atom. The molecule has 4 rings (SSSR count). The van der Waals surface area contributed by atoms with Crippen molar-refractivity contribution in [3.8, 4) is 0 Å². The van der Waals surface area contributed by atoms with Gasteiger partial charge in [0.05, 0.1) is 4.90 Å². The molecular formula is C24H17F2S2+. The van der Waals surface area contributed by atoms with Crippen LogP contribution in [0, 0.1) is 11.6 Å². The highest BCUT2D eigenvalue weighted by molar-refractivity contribution is 8.01. The van der Waals surface area contributed by atoms with Gasteiger partial charge in [0.15, 0.2) is 14.7 Å². The minimum absolute atomic E-state index is 0.265. The molecule has 4 heteroatoms. The molecule has 28 heavy (non-hydrogen) atoms. The van der Waals surface area contributed by atoms with Crippen LogP contribution in [-0.2, 0) is 10.9 Å². The Morgan fingerprint density at radius 2 is 1.04 bits per heavy atom. The second-order valence-electron chi connectivity index (χ2n) is 6.08. The number of rotatable bonds is 5. The second-order valence-corrected chi connectivity index (χ2v) is 9.19. The van der Waals surface area contributed by atoms with E-state index in [0.717, 1.165) is 24.5 Å². The lowest BCUT2D eigenvalue weighted by molar-refractivity contribution is 0.626. The molecule has 0 heterocycles. The molecule has 0 bridgehead atoms. The van der Waals surface area contributed by atoms with Crippen LogP contribution in [0.15, 0.2) is 128 Å². The summed E-state index contributed by atoms with van der Waals surface area (Å²) >= 11 is 1.70. The molecule has 138 valence electrons. The molecule has 0 spiro atoms. The van der Waals surface area contributed by atoms with Crippen LogP contribution < -0.4 is 0 Å². The summed E-state index contributed by atoms with van der Waals surface area (Å²) in [7, 11) is -0.471. The van der Waals surface area contributed by atoms with Gasteiger partial charge >= 0.3 is 0 Å². The molecular weight excluding hydrogens is 390 g/mol. The Balaban J connectivity index is 1.83. The summed E-state index contributed by atoms with van der Waals surface area (Å²) in [4.78, 5) is 5.40. The van der Waals surface area contributed by atoms with Crippen LogP contribution in [0.5, 0.6) is 0 Å². The highest BCUT2D eigenvalue weighted by atomic mass is 32.2. The van der Waals surface area contributed by atoms with E-state index in [1.807, 2.05) is 54.6 Å². The van der Waals surface area contributed by atoms with Crippen LogP contribution in [0.25, 0.3) is 0 Å². The predicted molar refractivity (Wildman–Crippen MR) is 112 cm³/mol. The van der Waals surface area contributed by atoms with Crippen LogP contribution >= 0.6 is 11.8 Å². The van der Waals surface area contributed by atoms with Crippen molar-refractivity contribution in [2.24, 2.45) is 0 Å². The number of benzene rings is 4. The number of hydrogen-bond donors (Lipinski definition) is 0. The first-order valence-corrected chi connectivity index (χ1v) is 10.8. The van der Waals surface area contributed by atoms with Crippen molar-refractivity contribution < 1.29 is 8.78 Å². The van der Waals surface area contributed by atoms with E-state index in [1.165, 1.54) is 24.3 Å². The molecule has 0 aromatic heterocycles. The van der Waals surface area contributed by atoms with Crippen molar-refractivity contribution in [2.75, 3.05) is 0 Å². The first-order valence-electron chi connectivity index (χ1n) is 8.78. The summed E-state index contributed by atoms with van der Waals surface area (Å²) in [6, 6.07) is 31.6. The molecule has 0 saturated carbocycles. The topological polar surface area (TPSA) is 0 Å². The molecule has 0 aliphatic carbocycles. The lowest BCUT2D eigenvalue weighted by atomic mass is 10.3. The minimum atomic E-state index is -0.471. The zero-order chi connectivity index (χ0) is 19.3. The third kappa shape index (κ3) is 4.29. The van der Waals surface area contributed by atoms with Gasteiger partial charge in [-0.1, -0.05) is 42.1 Å². The van der Waals surface area contributed by atoms with Gasteiger partial charge in [0, 0.05) is 4.90 Å². The van der Waals surface area contributed by atoms with Crippen molar-refractivity contribution in [1.29, 1.82) is 0 Å². The maximum Gasteiger partial charge on any atom is 0.180 e. The van der Waals surface area contributed by atoms with Gasteiger partial charge in [-0.25, -0.2) is 8.78 Å². The van der Waals surface area contributed by atoms with E-state index in [4.69, 9.17) is 0 Å². The van der Waals surface area contributed by atoms with Crippen LogP contribution in [0.3, 0.4) is 0 Å². The molecule has 0 unspecified atom stereocenters. The SMILES string of the molecule is Fc1ccc([S+](c2ccc(F)cc2)c2ccccc2Sc2ccccc2)cc1. The average molecular weight is 408 g/mol. The summed E-state index contributed by atoms with van der Waals surface area (Å²) in [5, 5.41) is 0. The molecule has 0 aliphatic rings. The summed E-state index contributed by atoms with van der Waals surface area (Å²) in [6.45, 7) is 0. The Hall–Kier alpha value is -2.56. The van der Waals surface area contributed by atoms with Crippen LogP contribution in [0.1, 0.15) is 0 Å². The molecule has 0 radical (unpaired) electrons. The smallest absolute Gasteiger partial charge is 0.180 e. The fraction of sp³-hybridized carbons (Fsp3) is 0. The average Bonchev–Trinajstić information content (AvgIpc) is 2.73. The van der Waals surface area contributed by atoms with Crippen molar-refractivity contribution in [2.45, 2.75) is 24.5 Å². The quantitative estimate of drug-likeness (QED) is 0.315. The van der Waals surface area contributed by atoms with Gasteiger partial charge in [-0.3, -0.25) is 0 Å². The number of halogens is 2. The Morgan fingerprint density at radius 3 is 1.61 bits per heavy atom. The van der Waals surface area contributed by atoms with Crippen LogP contribution in [0.2, 0.25) is 0 Å². The second kappa shape index (κ2) is 8.63. The molecule has 4 aromatic carbocycles. The van der Waals surface area contributed by atoms with Crippen molar-refractivity contribution in [3.05, 3.63) is 115 Å². The zero-order valence-electron chi connectivity index (χ0n) is 14.9. The standard InChI is InChI=1S/C24H17F2S2/c25-18-10-14-21(15-11-18)28(22-16-12-19(26)13-17-22)24-9-5-4-8-23(24)27-20-6-2-1-3-7-20/h1-17H/q+1. The van der Waals surface area contributed by atoms with E-state index >= 15 is 0 Å². The number of hydrogen-bond acceptors (Lipinski definition) is 1. The molecule has 0 saturated heterocycles. The Bertz CT molecular complexity index is 1000. The fourth-order valence-electron chi connectivity index (χ4n) is 2.85. The van der Waals surface area contributed by atoms with Crippen LogP contribution in [0.4, 0.5) is 8.78 Å². The van der Waals surface area contributed by atoms with Crippen LogP contribution in [-0.4, -0.2) is 0 Å². The van der Waals surface area contributed by atoms with Gasteiger partial charge in [-0.2, -0.15) is 0 Å². The highest BCUT2D eigenvalue weighted by Crippen LogP contribution is 2.39. The zero-order valence-corrected chi connectivity index (χ0v) is 16.5. The third-order valence-corrected chi connectivity index (χ3v) is 7.63. The lowest BCUT2D eigenvalue weighted by Crippen LogP contribution is -2.06. The Kier molecular flexibility index (Phi) is 5.79. The van der Waals surface area contributed by atoms with Gasteiger partial charge < -0.3 is 0 Å². The molecule has 0 aliphatic heterocycles. The third-order valence-electron chi connectivity index (χ3n) is 4.14. The molecule has 0 atom stereocenters. The van der Waals surface area contributed by atoms with Gasteiger partial charge in [0.25, 0.3) is 0 Å². The normalized spacial score (nSPS) is 11.0. The predicted octanol–water partition coefficient (Wildman–Crippen LogP) is 7.21. The molecule has 0 nitrogen and oxygen atoms in total. The van der Waals surface area contributed by atoms with E-state index < -0.39 is 10.9 Å². The van der Waals surface area contributed by atoms with E-state index in [0.29, 0.717) is 0 Å². The minimum Gasteiger partial charge on any atom is -0.207 e. The van der Waals surface area contributed by atoms with E-state index in [2.05, 4.69) is 24.3 Å². The maximum atomic E-state index is 13.5. The lowest BCUT2D eigenvalue weighted by Gasteiger charge is -2.12. The first-order chi connectivity index (χ1) is 13.7. The summed E-state index contributed by atoms with van der Waals surface area (Å²) in [5.74, 6) is -0.531. The fourth-order valence-corrected chi connectivity index (χ4v) is 6.17. The molecule has 0 fully saturated rings. The molecule has 0 amide bonds. The van der Waals surface area contributed by atoms with Crippen molar-refractivity contribution in [1.82, 2.24) is 0 Å². The molecule has 4 aromatic rings. The van der Waals surface area contributed by atoms with Gasteiger partial charge in [-0.05, 0) is 72.8 Å². The summed E-state index contributed by atoms with van der Waals surface area (Å²) < 4.78 is 27.0. The van der Waals surface area contributed by atoms with E-state index in [9.17, 15) is 8.78 Å². The monoisotopic (exact) mass is 407 g/mol. The van der Waals surface area contributed by atoms with Crippen molar-refractivity contribution in [3.63, 3.8) is 0 Å². The molecule has 0 N–H and O–H groups in total. The largest absolute Gasteiger partial charge is 0.207 e.